The van der Waals surface area contributed by atoms with E-state index in [2.05, 4.69) is 25.7 Å². The van der Waals surface area contributed by atoms with Crippen LogP contribution in [0.5, 0.6) is 0 Å². The summed E-state index contributed by atoms with van der Waals surface area (Å²) in [6.45, 7) is 0. The van der Waals surface area contributed by atoms with Crippen LogP contribution in [0.3, 0.4) is 0 Å². The molecule has 3 nitrogen and oxygen atoms in total. The first-order valence-corrected chi connectivity index (χ1v) is 5.25. The Labute approximate surface area is 91.2 Å². The number of nitrogens with zero attached hydrogens (tertiary/aromatic N) is 1. The van der Waals surface area contributed by atoms with E-state index in [1.165, 1.54) is 13.3 Å². The largest absolute Gasteiger partial charge is 0.465 e. The van der Waals surface area contributed by atoms with Gasteiger partial charge in [0.15, 0.2) is 0 Å². The molecule has 0 aliphatic heterocycles. The number of thiazole rings is 1. The highest BCUT2D eigenvalue weighted by atomic mass is 79.9. The van der Waals surface area contributed by atoms with E-state index in [9.17, 15) is 13.6 Å². The number of rotatable bonds is 3. The van der Waals surface area contributed by atoms with Crippen molar-refractivity contribution in [2.24, 2.45) is 0 Å². The van der Waals surface area contributed by atoms with E-state index in [-0.39, 0.29) is 9.88 Å². The summed E-state index contributed by atoms with van der Waals surface area (Å²) >= 11 is 3.67. The Morgan fingerprint density at radius 2 is 2.36 bits per heavy atom. The fraction of sp³-hybridized carbons (Fsp3) is 0.429. The molecule has 0 amide bonds. The minimum Gasteiger partial charge on any atom is -0.465 e. The Morgan fingerprint density at radius 1 is 1.71 bits per heavy atom. The Morgan fingerprint density at radius 3 is 2.86 bits per heavy atom. The molecule has 1 atom stereocenters. The van der Waals surface area contributed by atoms with E-state index in [1.54, 1.807) is 0 Å². The molecule has 1 aromatic heterocycles. The van der Waals surface area contributed by atoms with Gasteiger partial charge in [-0.05, 0) is 0 Å². The average Bonchev–Trinajstić information content (AvgIpc) is 2.64. The van der Waals surface area contributed by atoms with E-state index in [0.717, 1.165) is 11.3 Å². The molecular weight excluding hydrogens is 280 g/mol. The molecule has 0 aliphatic rings. The number of carbonyl (C=O) groups is 1. The number of methoxy groups -OCH3 is 1. The highest BCUT2D eigenvalue weighted by Gasteiger charge is 2.23. The van der Waals surface area contributed by atoms with Crippen molar-refractivity contribution >= 4 is 33.2 Å². The van der Waals surface area contributed by atoms with Crippen molar-refractivity contribution < 1.29 is 18.3 Å². The predicted octanol–water partition coefficient (Wildman–Crippen LogP) is 2.63. The molecule has 0 radical (unpaired) electrons. The fourth-order valence-electron chi connectivity index (χ4n) is 0.718. The number of carbonyl (C=O) groups excluding carboxylic acids is 1. The number of ether oxygens (including phenoxy) is 1. The molecular formula is C7H6BrF2NO2S. The van der Waals surface area contributed by atoms with Crippen LogP contribution in [-0.4, -0.2) is 24.5 Å². The van der Waals surface area contributed by atoms with Crippen molar-refractivity contribution in [1.82, 2.24) is 4.98 Å². The first-order valence-electron chi connectivity index (χ1n) is 3.52. The summed E-state index contributed by atoms with van der Waals surface area (Å²) in [5.41, 5.74) is 0. The zero-order chi connectivity index (χ0) is 10.7. The molecule has 14 heavy (non-hydrogen) atoms. The third-order valence-electron chi connectivity index (χ3n) is 1.37. The van der Waals surface area contributed by atoms with Crippen molar-refractivity contribution in [3.05, 3.63) is 16.1 Å². The van der Waals surface area contributed by atoms with Crippen LogP contribution >= 0.6 is 27.3 Å². The lowest BCUT2D eigenvalue weighted by atomic mass is 10.5. The van der Waals surface area contributed by atoms with Gasteiger partial charge in [0.1, 0.15) is 14.7 Å². The average molecular weight is 286 g/mol. The van der Waals surface area contributed by atoms with Gasteiger partial charge in [-0.3, -0.25) is 0 Å². The summed E-state index contributed by atoms with van der Waals surface area (Å²) in [6, 6.07) is 0. The van der Waals surface area contributed by atoms with Gasteiger partial charge in [-0.2, -0.15) is 0 Å². The van der Waals surface area contributed by atoms with Gasteiger partial charge in [0, 0.05) is 0 Å². The normalized spacial score (nSPS) is 12.9. The third-order valence-corrected chi connectivity index (χ3v) is 3.56. The maximum Gasteiger partial charge on any atom is 0.349 e. The second-order valence-corrected chi connectivity index (χ2v) is 4.34. The van der Waals surface area contributed by atoms with Crippen LogP contribution in [0.25, 0.3) is 0 Å². The van der Waals surface area contributed by atoms with Gasteiger partial charge in [0.2, 0.25) is 0 Å². The molecule has 1 rings (SSSR count). The molecule has 0 saturated carbocycles. The fourth-order valence-corrected chi connectivity index (χ4v) is 1.93. The Hall–Kier alpha value is -0.560. The van der Waals surface area contributed by atoms with Gasteiger partial charge in [-0.1, -0.05) is 15.9 Å². The van der Waals surface area contributed by atoms with E-state index in [4.69, 9.17) is 0 Å². The Kier molecular flexibility index (Phi) is 3.94. The number of hydrogen-bond acceptors (Lipinski definition) is 4. The van der Waals surface area contributed by atoms with Gasteiger partial charge >= 0.3 is 5.97 Å². The molecule has 0 fully saturated rings. The monoisotopic (exact) mass is 285 g/mol. The second-order valence-electron chi connectivity index (χ2n) is 2.29. The minimum atomic E-state index is -2.55. The van der Waals surface area contributed by atoms with Crippen LogP contribution < -0.4 is 0 Å². The molecule has 0 aromatic carbocycles. The van der Waals surface area contributed by atoms with Crippen molar-refractivity contribution in [3.63, 3.8) is 0 Å². The van der Waals surface area contributed by atoms with E-state index in [1.807, 2.05) is 0 Å². The maximum atomic E-state index is 12.2. The van der Waals surface area contributed by atoms with Gasteiger partial charge in [-0.15, -0.1) is 11.3 Å². The summed E-state index contributed by atoms with van der Waals surface area (Å²) in [4.78, 5) is 13.7. The lowest BCUT2D eigenvalue weighted by Crippen LogP contribution is -2.00. The SMILES string of the molecule is COC(=O)c1cnc(C(Br)C(F)F)s1. The summed E-state index contributed by atoms with van der Waals surface area (Å²) in [7, 11) is 1.22. The number of alkyl halides is 3. The van der Waals surface area contributed by atoms with Gasteiger partial charge < -0.3 is 4.74 Å². The molecule has 0 bridgehead atoms. The summed E-state index contributed by atoms with van der Waals surface area (Å²) in [6.07, 6.45) is -1.32. The highest BCUT2D eigenvalue weighted by molar-refractivity contribution is 9.09. The lowest BCUT2D eigenvalue weighted by molar-refractivity contribution is 0.0606. The van der Waals surface area contributed by atoms with E-state index in [0.29, 0.717) is 0 Å². The summed E-state index contributed by atoms with van der Waals surface area (Å²) in [5.74, 6) is -0.567. The topological polar surface area (TPSA) is 39.2 Å². The number of hydrogen-bond donors (Lipinski definition) is 0. The first-order chi connectivity index (χ1) is 6.56. The van der Waals surface area contributed by atoms with Crippen LogP contribution in [0.4, 0.5) is 8.78 Å². The van der Waals surface area contributed by atoms with E-state index < -0.39 is 17.2 Å². The zero-order valence-corrected chi connectivity index (χ0v) is 9.44. The summed E-state index contributed by atoms with van der Waals surface area (Å²) in [5, 5.41) is 0.167. The molecule has 0 saturated heterocycles. The minimum absolute atomic E-state index is 0.167. The Balaban J connectivity index is 2.82. The molecule has 0 N–H and O–H groups in total. The van der Waals surface area contributed by atoms with Crippen molar-refractivity contribution in [3.8, 4) is 0 Å². The van der Waals surface area contributed by atoms with Crippen LogP contribution in [0.1, 0.15) is 19.5 Å². The van der Waals surface area contributed by atoms with Crippen molar-refractivity contribution in [2.45, 2.75) is 11.3 Å². The molecule has 0 spiro atoms. The number of esters is 1. The Bertz CT molecular complexity index is 331. The molecule has 1 aromatic rings. The highest BCUT2D eigenvalue weighted by Crippen LogP contribution is 2.32. The second kappa shape index (κ2) is 4.79. The quantitative estimate of drug-likeness (QED) is 0.633. The molecule has 1 unspecified atom stereocenters. The third kappa shape index (κ3) is 2.48. The summed E-state index contributed by atoms with van der Waals surface area (Å²) < 4.78 is 28.8. The van der Waals surface area contributed by atoms with Crippen LogP contribution in [-0.2, 0) is 4.74 Å². The van der Waals surface area contributed by atoms with Crippen molar-refractivity contribution in [2.75, 3.05) is 7.11 Å². The van der Waals surface area contributed by atoms with Crippen LogP contribution in [0.2, 0.25) is 0 Å². The van der Waals surface area contributed by atoms with Crippen molar-refractivity contribution in [1.29, 1.82) is 0 Å². The molecule has 78 valence electrons. The first kappa shape index (κ1) is 11.5. The van der Waals surface area contributed by atoms with Gasteiger partial charge in [-0.25, -0.2) is 18.6 Å². The lowest BCUT2D eigenvalue weighted by Gasteiger charge is -2.02. The van der Waals surface area contributed by atoms with Gasteiger partial charge in [0.05, 0.1) is 13.3 Å². The molecule has 0 aliphatic carbocycles. The van der Waals surface area contributed by atoms with Crippen LogP contribution in [0.15, 0.2) is 6.20 Å². The van der Waals surface area contributed by atoms with Crippen LogP contribution in [0, 0.1) is 0 Å². The smallest absolute Gasteiger partial charge is 0.349 e. The molecule has 1 heterocycles. The molecule has 7 heteroatoms. The van der Waals surface area contributed by atoms with Gasteiger partial charge in [0.25, 0.3) is 6.43 Å². The predicted molar refractivity (Wildman–Crippen MR) is 51.1 cm³/mol. The van der Waals surface area contributed by atoms with E-state index >= 15 is 0 Å². The maximum absolute atomic E-state index is 12.2. The number of halogens is 3. The number of aromatic nitrogens is 1. The zero-order valence-electron chi connectivity index (χ0n) is 7.04. The standard InChI is InChI=1S/C7H6BrF2NO2S/c1-13-7(12)3-2-11-6(14-3)4(8)5(9)10/h2,4-5H,1H3.